The summed E-state index contributed by atoms with van der Waals surface area (Å²) in [6.07, 6.45) is -1.12. The molecule has 2 aromatic rings. The van der Waals surface area contributed by atoms with Crippen molar-refractivity contribution in [1.29, 1.82) is 0 Å². The highest BCUT2D eigenvalue weighted by Gasteiger charge is 2.34. The van der Waals surface area contributed by atoms with Gasteiger partial charge in [0.2, 0.25) is 5.91 Å². The quantitative estimate of drug-likeness (QED) is 0.878. The van der Waals surface area contributed by atoms with E-state index in [-0.39, 0.29) is 12.1 Å². The molecule has 0 spiro atoms. The van der Waals surface area contributed by atoms with Crippen LogP contribution in [0, 0.1) is 0 Å². The minimum absolute atomic E-state index is 0.0899. The molecular formula is C15H18F3N5O. The Labute approximate surface area is 137 Å². The number of nitrogens with one attached hydrogen (secondary N) is 1. The average molecular weight is 341 g/mol. The van der Waals surface area contributed by atoms with E-state index < -0.39 is 17.6 Å². The molecule has 1 aromatic heterocycles. The first-order valence-corrected chi connectivity index (χ1v) is 7.28. The zero-order valence-electron chi connectivity index (χ0n) is 13.3. The van der Waals surface area contributed by atoms with Crippen LogP contribution in [0.2, 0.25) is 0 Å². The van der Waals surface area contributed by atoms with Crippen molar-refractivity contribution in [3.8, 4) is 0 Å². The summed E-state index contributed by atoms with van der Waals surface area (Å²) in [5, 5.41) is 6.23. The van der Waals surface area contributed by atoms with Crippen molar-refractivity contribution >= 4 is 17.3 Å². The smallest absolute Gasteiger partial charge is 0.378 e. The van der Waals surface area contributed by atoms with Gasteiger partial charge in [-0.1, -0.05) is 0 Å². The zero-order valence-corrected chi connectivity index (χ0v) is 13.3. The molecule has 1 aromatic carbocycles. The summed E-state index contributed by atoms with van der Waals surface area (Å²) < 4.78 is 41.1. The van der Waals surface area contributed by atoms with E-state index in [4.69, 9.17) is 0 Å². The Morgan fingerprint density at radius 1 is 1.33 bits per heavy atom. The van der Waals surface area contributed by atoms with E-state index >= 15 is 0 Å². The molecule has 6 nitrogen and oxygen atoms in total. The summed E-state index contributed by atoms with van der Waals surface area (Å²) in [6, 6.07) is 3.82. The summed E-state index contributed by atoms with van der Waals surface area (Å²) in [7, 11) is 3.30. The van der Waals surface area contributed by atoms with E-state index in [0.29, 0.717) is 18.7 Å². The van der Waals surface area contributed by atoms with Crippen LogP contribution in [0.1, 0.15) is 18.4 Å². The van der Waals surface area contributed by atoms with Gasteiger partial charge in [-0.3, -0.25) is 9.48 Å². The van der Waals surface area contributed by atoms with Crippen molar-refractivity contribution in [1.82, 2.24) is 14.8 Å². The maximum absolute atomic E-state index is 13.2. The molecule has 130 valence electrons. The van der Waals surface area contributed by atoms with Gasteiger partial charge < -0.3 is 10.2 Å². The second kappa shape index (κ2) is 7.33. The van der Waals surface area contributed by atoms with Crippen LogP contribution in [0.25, 0.3) is 0 Å². The fraction of sp³-hybridized carbons (Fsp3) is 0.400. The predicted octanol–water partition coefficient (Wildman–Crippen LogP) is 2.78. The molecule has 0 saturated carbocycles. The molecule has 0 aliphatic rings. The highest BCUT2D eigenvalue weighted by Crippen LogP contribution is 2.37. The Morgan fingerprint density at radius 3 is 2.67 bits per heavy atom. The van der Waals surface area contributed by atoms with Crippen LogP contribution in [0.3, 0.4) is 0 Å². The Bertz CT molecular complexity index is 683. The monoisotopic (exact) mass is 341 g/mol. The van der Waals surface area contributed by atoms with E-state index in [2.05, 4.69) is 15.4 Å². The first-order valence-electron chi connectivity index (χ1n) is 7.28. The lowest BCUT2D eigenvalue weighted by molar-refractivity contribution is -0.136. The fourth-order valence-corrected chi connectivity index (χ4v) is 2.12. The number of alkyl halides is 3. The number of nitrogens with zero attached hydrogens (tertiary/aromatic N) is 4. The van der Waals surface area contributed by atoms with Gasteiger partial charge in [-0.05, 0) is 24.6 Å². The van der Waals surface area contributed by atoms with E-state index in [9.17, 15) is 18.0 Å². The second-order valence-electron chi connectivity index (χ2n) is 5.43. The Balaban J connectivity index is 2.03. The number of benzene rings is 1. The van der Waals surface area contributed by atoms with Gasteiger partial charge in [0.25, 0.3) is 0 Å². The molecule has 0 fully saturated rings. The van der Waals surface area contributed by atoms with Crippen molar-refractivity contribution in [2.45, 2.75) is 25.6 Å². The molecular weight excluding hydrogens is 323 g/mol. The van der Waals surface area contributed by atoms with Crippen LogP contribution in [0.4, 0.5) is 24.5 Å². The van der Waals surface area contributed by atoms with Gasteiger partial charge in [0.05, 0.1) is 11.3 Å². The van der Waals surface area contributed by atoms with Gasteiger partial charge in [0.15, 0.2) is 0 Å². The topological polar surface area (TPSA) is 63.1 Å². The largest absolute Gasteiger partial charge is 0.418 e. The summed E-state index contributed by atoms with van der Waals surface area (Å²) in [4.78, 5) is 17.2. The molecule has 0 atom stereocenters. The predicted molar refractivity (Wildman–Crippen MR) is 83.7 cm³/mol. The standard InChI is InChI=1S/C15H18F3N5O/c1-22(2)11-5-6-13(12(8-11)15(16,17)18)21-14(24)4-3-7-23-10-19-9-20-23/h5-6,8-10H,3-4,7H2,1-2H3,(H,21,24). The summed E-state index contributed by atoms with van der Waals surface area (Å²) >= 11 is 0. The molecule has 0 aliphatic carbocycles. The lowest BCUT2D eigenvalue weighted by Gasteiger charge is -2.18. The number of anilines is 2. The van der Waals surface area contributed by atoms with E-state index in [1.807, 2.05) is 0 Å². The van der Waals surface area contributed by atoms with Crippen LogP contribution in [0.15, 0.2) is 30.9 Å². The number of hydrogen-bond acceptors (Lipinski definition) is 4. The third-order valence-electron chi connectivity index (χ3n) is 3.36. The van der Waals surface area contributed by atoms with Gasteiger partial charge in [0, 0.05) is 32.7 Å². The summed E-state index contributed by atoms with van der Waals surface area (Å²) in [5.74, 6) is -0.474. The first kappa shape index (κ1) is 17.8. The summed E-state index contributed by atoms with van der Waals surface area (Å²) in [6.45, 7) is 0.471. The van der Waals surface area contributed by atoms with Crippen LogP contribution < -0.4 is 10.2 Å². The Morgan fingerprint density at radius 2 is 2.08 bits per heavy atom. The Hall–Kier alpha value is -2.58. The van der Waals surface area contributed by atoms with Crippen LogP contribution in [-0.4, -0.2) is 34.8 Å². The Kier molecular flexibility index (Phi) is 5.42. The molecule has 1 amide bonds. The number of carbonyl (C=O) groups excluding carboxylic acids is 1. The number of amides is 1. The van der Waals surface area contributed by atoms with Crippen molar-refractivity contribution < 1.29 is 18.0 Å². The third kappa shape index (κ3) is 4.71. The molecule has 0 bridgehead atoms. The fourth-order valence-electron chi connectivity index (χ4n) is 2.12. The van der Waals surface area contributed by atoms with Gasteiger partial charge in [-0.15, -0.1) is 0 Å². The van der Waals surface area contributed by atoms with E-state index in [0.717, 1.165) is 6.07 Å². The van der Waals surface area contributed by atoms with Crippen molar-refractivity contribution in [3.63, 3.8) is 0 Å². The van der Waals surface area contributed by atoms with Crippen LogP contribution in [-0.2, 0) is 17.5 Å². The lowest BCUT2D eigenvalue weighted by atomic mass is 10.1. The molecule has 9 heteroatoms. The van der Waals surface area contributed by atoms with Crippen molar-refractivity contribution in [2.75, 3.05) is 24.3 Å². The number of carbonyl (C=O) groups is 1. The molecule has 0 radical (unpaired) electrons. The maximum atomic E-state index is 13.2. The normalized spacial score (nSPS) is 11.4. The van der Waals surface area contributed by atoms with Crippen molar-refractivity contribution in [2.24, 2.45) is 0 Å². The van der Waals surface area contributed by atoms with Crippen LogP contribution in [0.5, 0.6) is 0 Å². The highest BCUT2D eigenvalue weighted by molar-refractivity contribution is 5.91. The molecule has 1 heterocycles. The number of hydrogen-bond donors (Lipinski definition) is 1. The molecule has 0 saturated heterocycles. The van der Waals surface area contributed by atoms with Gasteiger partial charge in [-0.2, -0.15) is 18.3 Å². The number of aryl methyl sites for hydroxylation is 1. The van der Waals surface area contributed by atoms with E-state index in [1.54, 1.807) is 23.7 Å². The number of aromatic nitrogens is 3. The van der Waals surface area contributed by atoms with Gasteiger partial charge >= 0.3 is 6.18 Å². The highest BCUT2D eigenvalue weighted by atomic mass is 19.4. The summed E-state index contributed by atoms with van der Waals surface area (Å²) in [5.41, 5.74) is -0.691. The average Bonchev–Trinajstić information content (AvgIpc) is 2.99. The second-order valence-corrected chi connectivity index (χ2v) is 5.43. The SMILES string of the molecule is CN(C)c1ccc(NC(=O)CCCn2cncn2)c(C(F)(F)F)c1. The van der Waals surface area contributed by atoms with Crippen LogP contribution >= 0.6 is 0 Å². The maximum Gasteiger partial charge on any atom is 0.418 e. The minimum Gasteiger partial charge on any atom is -0.378 e. The lowest BCUT2D eigenvalue weighted by Crippen LogP contribution is -2.18. The van der Waals surface area contributed by atoms with Crippen molar-refractivity contribution in [3.05, 3.63) is 36.4 Å². The molecule has 1 N–H and O–H groups in total. The third-order valence-corrected chi connectivity index (χ3v) is 3.36. The number of rotatable bonds is 6. The van der Waals surface area contributed by atoms with Gasteiger partial charge in [-0.25, -0.2) is 4.98 Å². The zero-order chi connectivity index (χ0) is 17.7. The molecule has 0 aliphatic heterocycles. The molecule has 2 rings (SSSR count). The first-order chi connectivity index (χ1) is 11.3. The minimum atomic E-state index is -4.55. The van der Waals surface area contributed by atoms with Gasteiger partial charge in [0.1, 0.15) is 12.7 Å². The van der Waals surface area contributed by atoms with E-state index in [1.165, 1.54) is 24.8 Å². The molecule has 24 heavy (non-hydrogen) atoms. The molecule has 0 unspecified atom stereocenters. The number of halogens is 3.